The van der Waals surface area contributed by atoms with E-state index in [1.54, 1.807) is 13.0 Å². The van der Waals surface area contributed by atoms with Gasteiger partial charge in [0.15, 0.2) is 0 Å². The van der Waals surface area contributed by atoms with E-state index in [1.807, 2.05) is 30.7 Å². The number of benzene rings is 1. The lowest BCUT2D eigenvalue weighted by atomic mass is 9.86. The Labute approximate surface area is 158 Å². The molecule has 3 amide bonds. The molecule has 7 heteroatoms. The van der Waals surface area contributed by atoms with Crippen molar-refractivity contribution < 1.29 is 19.1 Å². The van der Waals surface area contributed by atoms with Crippen LogP contribution >= 0.6 is 0 Å². The van der Waals surface area contributed by atoms with Crippen LogP contribution in [0.4, 0.5) is 10.5 Å². The van der Waals surface area contributed by atoms with E-state index in [9.17, 15) is 9.59 Å². The molecule has 2 aliphatic rings. The van der Waals surface area contributed by atoms with Gasteiger partial charge in [-0.15, -0.1) is 0 Å². The minimum absolute atomic E-state index is 0.0279. The highest BCUT2D eigenvalue weighted by Gasteiger charge is 2.56. The van der Waals surface area contributed by atoms with E-state index in [0.29, 0.717) is 23.4 Å². The number of urea groups is 1. The van der Waals surface area contributed by atoms with Gasteiger partial charge in [0.05, 0.1) is 18.4 Å². The summed E-state index contributed by atoms with van der Waals surface area (Å²) in [7, 11) is 2.91. The number of hydrogen-bond donors (Lipinski definition) is 0. The van der Waals surface area contributed by atoms with Gasteiger partial charge in [0.2, 0.25) is 0 Å². The standard InChI is InChI=1S/C20H20N3O4/c1-20(15-7-5-4-6-8-15)18(24)23(19(25)22(20)13-26-2)16-10-9-14(12-21)17(11-16)27-3/h4-5,7-11H,6,13H2,1-3H3. The van der Waals surface area contributed by atoms with Gasteiger partial charge in [-0.2, -0.15) is 5.26 Å². The van der Waals surface area contributed by atoms with Gasteiger partial charge in [-0.3, -0.25) is 9.69 Å². The van der Waals surface area contributed by atoms with E-state index in [4.69, 9.17) is 14.7 Å². The average Bonchev–Trinajstić information content (AvgIpc) is 2.89. The van der Waals surface area contributed by atoms with Gasteiger partial charge in [-0.1, -0.05) is 18.2 Å². The highest BCUT2D eigenvalue weighted by atomic mass is 16.5. The number of carbonyl (C=O) groups excluding carboxylic acids is 2. The van der Waals surface area contributed by atoms with Crippen molar-refractivity contribution in [1.82, 2.24) is 4.90 Å². The van der Waals surface area contributed by atoms with Crippen molar-refractivity contribution in [3.05, 3.63) is 54.0 Å². The molecule has 1 aromatic rings. The number of carbonyl (C=O) groups is 2. The molecular formula is C20H20N3O4. The highest BCUT2D eigenvalue weighted by molar-refractivity contribution is 6.24. The van der Waals surface area contributed by atoms with E-state index < -0.39 is 11.6 Å². The number of allylic oxidation sites excluding steroid dienone is 2. The van der Waals surface area contributed by atoms with Gasteiger partial charge in [-0.05, 0) is 37.5 Å². The van der Waals surface area contributed by atoms with Gasteiger partial charge < -0.3 is 9.47 Å². The number of methoxy groups -OCH3 is 2. The summed E-state index contributed by atoms with van der Waals surface area (Å²) >= 11 is 0. The Morgan fingerprint density at radius 2 is 2.07 bits per heavy atom. The lowest BCUT2D eigenvalue weighted by Gasteiger charge is -2.33. The number of rotatable bonds is 5. The SMILES string of the molecule is COCN1C(=O)N(c2ccc(C#N)c(OC)c2)C(=O)C1(C)C1=CC[CH]C=C1. The molecule has 27 heavy (non-hydrogen) atoms. The Bertz CT molecular complexity index is 884. The summed E-state index contributed by atoms with van der Waals surface area (Å²) in [5, 5.41) is 9.15. The fourth-order valence-corrected chi connectivity index (χ4v) is 3.34. The lowest BCUT2D eigenvalue weighted by Crippen LogP contribution is -2.49. The summed E-state index contributed by atoms with van der Waals surface area (Å²) in [6.07, 6.45) is 8.29. The van der Waals surface area contributed by atoms with E-state index in [2.05, 4.69) is 0 Å². The molecule has 1 heterocycles. The van der Waals surface area contributed by atoms with Crippen LogP contribution in [0.5, 0.6) is 5.75 Å². The van der Waals surface area contributed by atoms with Crippen molar-refractivity contribution in [2.24, 2.45) is 0 Å². The first-order chi connectivity index (χ1) is 13.0. The fraction of sp³-hybridized carbons (Fsp3) is 0.300. The van der Waals surface area contributed by atoms with E-state index in [-0.39, 0.29) is 12.6 Å². The maximum absolute atomic E-state index is 13.4. The third-order valence-corrected chi connectivity index (χ3v) is 4.85. The Hall–Kier alpha value is -3.11. The number of nitriles is 1. The van der Waals surface area contributed by atoms with Crippen LogP contribution < -0.4 is 9.64 Å². The molecule has 0 aromatic heterocycles. The monoisotopic (exact) mass is 366 g/mol. The third kappa shape index (κ3) is 2.88. The molecule has 1 fully saturated rings. The summed E-state index contributed by atoms with van der Waals surface area (Å²) in [4.78, 5) is 29.0. The third-order valence-electron chi connectivity index (χ3n) is 4.85. The molecule has 1 saturated heterocycles. The van der Waals surface area contributed by atoms with Crippen LogP contribution in [0.3, 0.4) is 0 Å². The number of nitrogens with zero attached hydrogens (tertiary/aromatic N) is 3. The van der Waals surface area contributed by atoms with Gasteiger partial charge in [-0.25, -0.2) is 9.69 Å². The Morgan fingerprint density at radius 3 is 2.67 bits per heavy atom. The largest absolute Gasteiger partial charge is 0.495 e. The zero-order valence-electron chi connectivity index (χ0n) is 15.4. The minimum Gasteiger partial charge on any atom is -0.495 e. The van der Waals surface area contributed by atoms with Gasteiger partial charge in [0, 0.05) is 13.2 Å². The molecule has 1 radical (unpaired) electrons. The normalized spacial score (nSPS) is 22.1. The van der Waals surface area contributed by atoms with Crippen LogP contribution in [-0.2, 0) is 9.53 Å². The number of imide groups is 1. The molecule has 3 rings (SSSR count). The van der Waals surface area contributed by atoms with Crippen LogP contribution in [0.2, 0.25) is 0 Å². The van der Waals surface area contributed by atoms with Crippen molar-refractivity contribution >= 4 is 17.6 Å². The topological polar surface area (TPSA) is 82.9 Å². The number of amides is 3. The molecule has 1 aliphatic heterocycles. The first-order valence-electron chi connectivity index (χ1n) is 8.42. The average molecular weight is 366 g/mol. The number of ether oxygens (including phenoxy) is 2. The van der Waals surface area contributed by atoms with Gasteiger partial charge in [0.25, 0.3) is 5.91 Å². The molecule has 0 N–H and O–H groups in total. The van der Waals surface area contributed by atoms with Gasteiger partial charge >= 0.3 is 6.03 Å². The molecule has 1 atom stereocenters. The fourth-order valence-electron chi connectivity index (χ4n) is 3.34. The Morgan fingerprint density at radius 1 is 1.30 bits per heavy atom. The maximum Gasteiger partial charge on any atom is 0.334 e. The molecule has 0 saturated carbocycles. The van der Waals surface area contributed by atoms with Crippen LogP contribution in [0, 0.1) is 17.8 Å². The molecule has 1 aromatic carbocycles. The second-order valence-electron chi connectivity index (χ2n) is 6.33. The predicted molar refractivity (Wildman–Crippen MR) is 98.9 cm³/mol. The smallest absolute Gasteiger partial charge is 0.334 e. The summed E-state index contributed by atoms with van der Waals surface area (Å²) in [6.45, 7) is 1.69. The molecular weight excluding hydrogens is 346 g/mol. The minimum atomic E-state index is -1.18. The summed E-state index contributed by atoms with van der Waals surface area (Å²) in [5.41, 5.74) is 0.227. The first kappa shape index (κ1) is 18.7. The predicted octanol–water partition coefficient (Wildman–Crippen LogP) is 2.79. The first-order valence-corrected chi connectivity index (χ1v) is 8.42. The molecule has 0 spiro atoms. The second-order valence-corrected chi connectivity index (χ2v) is 6.33. The van der Waals surface area contributed by atoms with Crippen LogP contribution in [0.25, 0.3) is 0 Å². The molecule has 1 unspecified atom stereocenters. The molecule has 139 valence electrons. The second kappa shape index (κ2) is 7.25. The zero-order valence-corrected chi connectivity index (χ0v) is 15.4. The summed E-state index contributed by atoms with van der Waals surface area (Å²) < 4.78 is 10.4. The maximum atomic E-state index is 13.4. The summed E-state index contributed by atoms with van der Waals surface area (Å²) in [5.74, 6) is -0.0806. The molecule has 1 aliphatic carbocycles. The van der Waals surface area contributed by atoms with E-state index in [0.717, 1.165) is 10.5 Å². The quantitative estimate of drug-likeness (QED) is 0.749. The van der Waals surface area contributed by atoms with Crippen molar-refractivity contribution in [3.8, 4) is 11.8 Å². The van der Waals surface area contributed by atoms with E-state index in [1.165, 1.54) is 31.3 Å². The summed E-state index contributed by atoms with van der Waals surface area (Å²) in [6, 6.07) is 6.14. The van der Waals surface area contributed by atoms with Crippen molar-refractivity contribution in [3.63, 3.8) is 0 Å². The van der Waals surface area contributed by atoms with Crippen molar-refractivity contribution in [1.29, 1.82) is 5.26 Å². The molecule has 0 bridgehead atoms. The van der Waals surface area contributed by atoms with E-state index >= 15 is 0 Å². The number of hydrogen-bond acceptors (Lipinski definition) is 5. The molecule has 7 nitrogen and oxygen atoms in total. The van der Waals surface area contributed by atoms with Gasteiger partial charge in [0.1, 0.15) is 24.1 Å². The number of anilines is 1. The van der Waals surface area contributed by atoms with Crippen LogP contribution in [0.1, 0.15) is 18.9 Å². The van der Waals surface area contributed by atoms with Crippen molar-refractivity contribution in [2.75, 3.05) is 25.9 Å². The van der Waals surface area contributed by atoms with Crippen LogP contribution in [0.15, 0.2) is 42.0 Å². The van der Waals surface area contributed by atoms with Crippen molar-refractivity contribution in [2.45, 2.75) is 18.9 Å². The Balaban J connectivity index is 2.09. The lowest BCUT2D eigenvalue weighted by molar-refractivity contribution is -0.123. The Kier molecular flexibility index (Phi) is 5.02. The van der Waals surface area contributed by atoms with Crippen LogP contribution in [-0.4, -0.2) is 43.3 Å². The zero-order chi connectivity index (χ0) is 19.6. The highest BCUT2D eigenvalue weighted by Crippen LogP contribution is 2.39.